The Bertz CT molecular complexity index is 1020. The molecule has 1 N–H and O–H groups in total. The summed E-state index contributed by atoms with van der Waals surface area (Å²) < 4.78 is 6.07. The Hall–Kier alpha value is -3.40. The minimum atomic E-state index is -0.680. The van der Waals surface area contributed by atoms with Gasteiger partial charge in [-0.25, -0.2) is 0 Å². The molecule has 3 rings (SSSR count). The first-order valence-electron chi connectivity index (χ1n) is 8.24. The molecule has 0 aliphatic rings. The number of para-hydroxylation sites is 1. The summed E-state index contributed by atoms with van der Waals surface area (Å²) in [7, 11) is 0. The summed E-state index contributed by atoms with van der Waals surface area (Å²) in [6.07, 6.45) is 0. The van der Waals surface area contributed by atoms with Gasteiger partial charge >= 0.3 is 0 Å². The number of nitro benzene ring substituents is 1. The van der Waals surface area contributed by atoms with Crippen LogP contribution in [-0.2, 0) is 4.79 Å². The number of nitrogens with zero attached hydrogens (tertiary/aromatic N) is 3. The number of carbonyl (C=O) groups is 1. The molecule has 0 aliphatic carbocycles. The van der Waals surface area contributed by atoms with E-state index in [0.29, 0.717) is 16.9 Å². The molecule has 0 bridgehead atoms. The number of rotatable bonds is 6. The summed E-state index contributed by atoms with van der Waals surface area (Å²) in [6.45, 7) is 3.35. The van der Waals surface area contributed by atoms with Crippen LogP contribution in [0.3, 0.4) is 0 Å². The molecule has 0 spiro atoms. The van der Waals surface area contributed by atoms with Crippen LogP contribution in [0.25, 0.3) is 5.69 Å². The summed E-state index contributed by atoms with van der Waals surface area (Å²) in [5.74, 6) is -1.06. The Balaban J connectivity index is 1.78. The van der Waals surface area contributed by atoms with Crippen LogP contribution in [0.4, 0.5) is 11.4 Å². The smallest absolute Gasteiger partial charge is 0.298 e. The van der Waals surface area contributed by atoms with Crippen LogP contribution >= 0.6 is 11.8 Å². The van der Waals surface area contributed by atoms with E-state index >= 15 is 0 Å². The zero-order valence-corrected chi connectivity index (χ0v) is 15.8. The predicted molar refractivity (Wildman–Crippen MR) is 99.3 cm³/mol. The lowest BCUT2D eigenvalue weighted by Crippen LogP contribution is -2.36. The van der Waals surface area contributed by atoms with Gasteiger partial charge in [-0.2, -0.15) is 0 Å². The second kappa shape index (κ2) is 8.09. The van der Waals surface area contributed by atoms with Crippen molar-refractivity contribution in [3.63, 3.8) is 0 Å². The van der Waals surface area contributed by atoms with Crippen LogP contribution in [0.1, 0.15) is 12.5 Å². The Labute approximate surface area is 164 Å². The van der Waals surface area contributed by atoms with E-state index in [1.807, 2.05) is 6.07 Å². The van der Waals surface area contributed by atoms with Crippen molar-refractivity contribution in [2.45, 2.75) is 24.1 Å². The average molecular weight is 400 g/mol. The predicted octanol–water partition coefficient (Wildman–Crippen LogP) is 2.36. The molecule has 144 valence electrons. The number of hydrogen-bond acceptors (Lipinski definition) is 7. The van der Waals surface area contributed by atoms with Gasteiger partial charge in [0.05, 0.1) is 21.1 Å². The third-order valence-corrected chi connectivity index (χ3v) is 5.05. The van der Waals surface area contributed by atoms with E-state index in [0.717, 1.165) is 11.8 Å². The van der Waals surface area contributed by atoms with Crippen molar-refractivity contribution in [1.29, 1.82) is 0 Å². The van der Waals surface area contributed by atoms with E-state index in [4.69, 9.17) is 4.52 Å². The van der Waals surface area contributed by atoms with Gasteiger partial charge in [0.2, 0.25) is 11.6 Å². The minimum Gasteiger partial charge on any atom is -0.538 e. The molecule has 10 heteroatoms. The Kier molecular flexibility index (Phi) is 5.59. The van der Waals surface area contributed by atoms with Crippen molar-refractivity contribution in [2.75, 3.05) is 5.32 Å². The maximum Gasteiger partial charge on any atom is 0.298 e. The van der Waals surface area contributed by atoms with Gasteiger partial charge in [-0.3, -0.25) is 14.9 Å². The van der Waals surface area contributed by atoms with Crippen molar-refractivity contribution in [3.8, 4) is 11.6 Å². The van der Waals surface area contributed by atoms with Crippen LogP contribution in [-0.4, -0.2) is 21.4 Å². The molecule has 1 unspecified atom stereocenters. The topological polar surface area (TPSA) is 125 Å². The summed E-state index contributed by atoms with van der Waals surface area (Å²) in [4.78, 5) is 23.0. The van der Waals surface area contributed by atoms with Gasteiger partial charge in [0.25, 0.3) is 10.7 Å². The third kappa shape index (κ3) is 4.12. The highest BCUT2D eigenvalue weighted by Crippen LogP contribution is 2.29. The molecular formula is C18H16N4O5S. The number of hydrogen-bond donors (Lipinski definition) is 1. The lowest BCUT2D eigenvalue weighted by Gasteiger charge is -2.12. The number of aromatic nitrogens is 2. The number of carbonyl (C=O) groups excluding carboxylic acids is 1. The zero-order chi connectivity index (χ0) is 20.3. The van der Waals surface area contributed by atoms with E-state index in [1.54, 1.807) is 44.2 Å². The molecule has 1 atom stereocenters. The minimum absolute atomic E-state index is 0.121. The Morgan fingerprint density at radius 3 is 2.68 bits per heavy atom. The van der Waals surface area contributed by atoms with Gasteiger partial charge in [0, 0.05) is 24.3 Å². The SMILES string of the molecule is Cc1ccc([N+](=O)[O-])cc1NC(=O)C(C)Sc1c([O-])on[n+]1-c1ccccc1. The summed E-state index contributed by atoms with van der Waals surface area (Å²) in [5, 5.41) is 28.8. The van der Waals surface area contributed by atoms with Crippen LogP contribution in [0.5, 0.6) is 5.95 Å². The zero-order valence-electron chi connectivity index (χ0n) is 15.0. The lowest BCUT2D eigenvalue weighted by atomic mass is 10.2. The number of benzene rings is 2. The molecule has 0 saturated heterocycles. The van der Waals surface area contributed by atoms with E-state index in [2.05, 4.69) is 10.6 Å². The maximum absolute atomic E-state index is 12.6. The molecule has 0 fully saturated rings. The summed E-state index contributed by atoms with van der Waals surface area (Å²) in [5.41, 5.74) is 1.53. The fraction of sp³-hybridized carbons (Fsp3) is 0.167. The summed E-state index contributed by atoms with van der Waals surface area (Å²) in [6, 6.07) is 13.1. The number of thioether (sulfide) groups is 1. The molecule has 1 aromatic heterocycles. The molecule has 1 heterocycles. The number of nitro groups is 1. The first-order chi connectivity index (χ1) is 13.4. The lowest BCUT2D eigenvalue weighted by molar-refractivity contribution is -0.705. The molecule has 2 aromatic carbocycles. The van der Waals surface area contributed by atoms with Crippen LogP contribution < -0.4 is 15.1 Å². The van der Waals surface area contributed by atoms with Crippen LogP contribution in [0.15, 0.2) is 58.1 Å². The number of non-ortho nitro benzene ring substituents is 1. The second-order valence-electron chi connectivity index (χ2n) is 5.92. The van der Waals surface area contributed by atoms with Gasteiger partial charge < -0.3 is 14.9 Å². The van der Waals surface area contributed by atoms with E-state index in [1.165, 1.54) is 16.8 Å². The van der Waals surface area contributed by atoms with Gasteiger partial charge in [-0.15, -0.1) is 0 Å². The summed E-state index contributed by atoms with van der Waals surface area (Å²) >= 11 is 0.990. The molecule has 0 aliphatic heterocycles. The van der Waals surface area contributed by atoms with Gasteiger partial charge in [0.15, 0.2) is 5.95 Å². The third-order valence-electron chi connectivity index (χ3n) is 3.92. The van der Waals surface area contributed by atoms with Crippen molar-refractivity contribution in [1.82, 2.24) is 5.27 Å². The Morgan fingerprint density at radius 1 is 1.29 bits per heavy atom. The number of anilines is 1. The largest absolute Gasteiger partial charge is 0.538 e. The second-order valence-corrected chi connectivity index (χ2v) is 7.25. The fourth-order valence-electron chi connectivity index (χ4n) is 2.39. The molecule has 0 radical (unpaired) electrons. The molecule has 1 amide bonds. The van der Waals surface area contributed by atoms with E-state index < -0.39 is 22.0 Å². The monoisotopic (exact) mass is 400 g/mol. The number of aryl methyl sites for hydroxylation is 1. The van der Waals surface area contributed by atoms with Crippen LogP contribution in [0.2, 0.25) is 0 Å². The first kappa shape index (κ1) is 19.4. The van der Waals surface area contributed by atoms with Crippen molar-refractivity contribution in [2.24, 2.45) is 0 Å². The van der Waals surface area contributed by atoms with Crippen molar-refractivity contribution >= 4 is 29.0 Å². The van der Waals surface area contributed by atoms with Gasteiger partial charge in [0.1, 0.15) is 0 Å². The highest BCUT2D eigenvalue weighted by Gasteiger charge is 2.27. The molecule has 28 heavy (non-hydrogen) atoms. The maximum atomic E-state index is 12.6. The Morgan fingerprint density at radius 2 is 2.00 bits per heavy atom. The van der Waals surface area contributed by atoms with Gasteiger partial charge in [-0.1, -0.05) is 24.3 Å². The van der Waals surface area contributed by atoms with E-state index in [9.17, 15) is 20.0 Å². The number of nitrogens with one attached hydrogen (secondary N) is 1. The van der Waals surface area contributed by atoms with E-state index in [-0.39, 0.29) is 10.7 Å². The highest BCUT2D eigenvalue weighted by molar-refractivity contribution is 8.00. The highest BCUT2D eigenvalue weighted by atomic mass is 32.2. The molecule has 9 nitrogen and oxygen atoms in total. The van der Waals surface area contributed by atoms with Crippen molar-refractivity contribution < 1.29 is 24.0 Å². The average Bonchev–Trinajstić information content (AvgIpc) is 3.04. The number of amides is 1. The normalized spacial score (nSPS) is 11.8. The quantitative estimate of drug-likeness (QED) is 0.291. The van der Waals surface area contributed by atoms with Crippen molar-refractivity contribution in [3.05, 3.63) is 64.2 Å². The first-order valence-corrected chi connectivity index (χ1v) is 9.12. The fourth-order valence-corrected chi connectivity index (χ4v) is 3.26. The molecule has 3 aromatic rings. The van der Waals surface area contributed by atoms with Gasteiger partial charge in [-0.05, 0) is 35.9 Å². The molecule has 0 saturated carbocycles. The van der Waals surface area contributed by atoms with Crippen LogP contribution in [0, 0.1) is 17.0 Å². The molecular weight excluding hydrogens is 384 g/mol. The standard InChI is InChI=1S/C18H16N4O5S/c1-11-8-9-14(22(25)26)10-15(11)19-16(23)12(2)28-17-18(24)27-20-21(17)13-6-4-3-5-7-13/h3-10,12H,1-2H3,(H-,19,20,23,24).